The van der Waals surface area contributed by atoms with Crippen molar-refractivity contribution in [1.82, 2.24) is 9.97 Å². The molecule has 0 radical (unpaired) electrons. The summed E-state index contributed by atoms with van der Waals surface area (Å²) < 4.78 is 0. The molecule has 0 saturated heterocycles. The van der Waals surface area contributed by atoms with Crippen molar-refractivity contribution in [3.8, 4) is 0 Å². The molecule has 4 heteroatoms. The van der Waals surface area contributed by atoms with Gasteiger partial charge in [0.1, 0.15) is 11.6 Å². The van der Waals surface area contributed by atoms with E-state index in [1.165, 1.54) is 12.8 Å². The minimum absolute atomic E-state index is 0.731. The molecule has 18 heavy (non-hydrogen) atoms. The van der Waals surface area contributed by atoms with Crippen LogP contribution in [0.4, 0.5) is 11.6 Å². The Kier molecular flexibility index (Phi) is 6.47. The molecular weight excluding hydrogens is 224 g/mol. The van der Waals surface area contributed by atoms with Crippen molar-refractivity contribution in [2.75, 3.05) is 29.9 Å². The van der Waals surface area contributed by atoms with E-state index in [1.54, 1.807) is 6.20 Å². The number of anilines is 2. The molecule has 0 aromatic carbocycles. The first kappa shape index (κ1) is 14.7. The lowest BCUT2D eigenvalue weighted by atomic mass is 10.0. The predicted molar refractivity (Wildman–Crippen MR) is 78.2 cm³/mol. The van der Waals surface area contributed by atoms with Gasteiger partial charge in [0.25, 0.3) is 0 Å². The molecule has 0 amide bonds. The number of nitrogens with zero attached hydrogens (tertiary/aromatic N) is 3. The van der Waals surface area contributed by atoms with Crippen LogP contribution in [-0.2, 0) is 0 Å². The highest BCUT2D eigenvalue weighted by atomic mass is 15.2. The van der Waals surface area contributed by atoms with Crippen molar-refractivity contribution in [1.29, 1.82) is 0 Å². The van der Waals surface area contributed by atoms with Gasteiger partial charge in [-0.25, -0.2) is 4.98 Å². The third-order valence-electron chi connectivity index (χ3n) is 3.32. The lowest BCUT2D eigenvalue weighted by Crippen LogP contribution is -2.30. The molecule has 1 rings (SSSR count). The van der Waals surface area contributed by atoms with E-state index < -0.39 is 0 Å². The highest BCUT2D eigenvalue weighted by Gasteiger charge is 2.12. The van der Waals surface area contributed by atoms with Crippen molar-refractivity contribution in [3.05, 3.63) is 12.4 Å². The van der Waals surface area contributed by atoms with E-state index in [0.717, 1.165) is 37.2 Å². The molecule has 0 unspecified atom stereocenters. The normalized spacial score (nSPS) is 10.7. The Morgan fingerprint density at radius 3 is 2.44 bits per heavy atom. The minimum atomic E-state index is 0.731. The number of rotatable bonds is 8. The summed E-state index contributed by atoms with van der Waals surface area (Å²) in [6.45, 7) is 11.6. The fourth-order valence-corrected chi connectivity index (χ4v) is 2.02. The highest BCUT2D eigenvalue weighted by Crippen LogP contribution is 2.17. The molecule has 0 aliphatic rings. The van der Waals surface area contributed by atoms with Gasteiger partial charge in [-0.1, -0.05) is 26.7 Å². The van der Waals surface area contributed by atoms with E-state index >= 15 is 0 Å². The Morgan fingerprint density at radius 1 is 1.17 bits per heavy atom. The first-order valence-electron chi connectivity index (χ1n) is 7.05. The molecule has 0 aliphatic carbocycles. The third kappa shape index (κ3) is 4.17. The van der Waals surface area contributed by atoms with Crippen LogP contribution in [0.3, 0.4) is 0 Å². The maximum atomic E-state index is 4.61. The average molecular weight is 250 g/mol. The highest BCUT2D eigenvalue weighted by molar-refractivity contribution is 5.43. The van der Waals surface area contributed by atoms with Gasteiger partial charge >= 0.3 is 0 Å². The summed E-state index contributed by atoms with van der Waals surface area (Å²) in [5, 5.41) is 3.21. The summed E-state index contributed by atoms with van der Waals surface area (Å²) in [6.07, 6.45) is 6.06. The Morgan fingerprint density at radius 2 is 1.89 bits per heavy atom. The minimum Gasteiger partial charge on any atom is -0.369 e. The molecule has 0 aliphatic heterocycles. The molecule has 102 valence electrons. The third-order valence-corrected chi connectivity index (χ3v) is 3.32. The largest absolute Gasteiger partial charge is 0.369 e. The smallest absolute Gasteiger partial charge is 0.149 e. The molecule has 0 spiro atoms. The Labute approximate surface area is 111 Å². The summed E-state index contributed by atoms with van der Waals surface area (Å²) in [4.78, 5) is 11.2. The van der Waals surface area contributed by atoms with Crippen LogP contribution in [0.15, 0.2) is 12.4 Å². The van der Waals surface area contributed by atoms with E-state index in [2.05, 4.69) is 47.9 Å². The standard InChI is InChI=1S/C14H26N4/c1-5-12(6-2)11-18(8-4)14-10-15-9-13(17-14)16-7-3/h9-10,12H,5-8,11H2,1-4H3,(H,16,17). The van der Waals surface area contributed by atoms with E-state index in [9.17, 15) is 0 Å². The van der Waals surface area contributed by atoms with Crippen LogP contribution in [0.2, 0.25) is 0 Å². The molecule has 1 aromatic heterocycles. The first-order valence-corrected chi connectivity index (χ1v) is 7.05. The van der Waals surface area contributed by atoms with Crippen molar-refractivity contribution >= 4 is 11.6 Å². The number of hydrogen-bond donors (Lipinski definition) is 1. The maximum absolute atomic E-state index is 4.61. The molecule has 0 fully saturated rings. The van der Waals surface area contributed by atoms with Crippen LogP contribution < -0.4 is 10.2 Å². The van der Waals surface area contributed by atoms with Crippen LogP contribution in [0.25, 0.3) is 0 Å². The van der Waals surface area contributed by atoms with Crippen molar-refractivity contribution < 1.29 is 0 Å². The molecule has 0 atom stereocenters. The molecular formula is C14H26N4. The van der Waals surface area contributed by atoms with Gasteiger partial charge < -0.3 is 10.2 Å². The second-order valence-corrected chi connectivity index (χ2v) is 4.51. The van der Waals surface area contributed by atoms with Crippen molar-refractivity contribution in [2.24, 2.45) is 5.92 Å². The van der Waals surface area contributed by atoms with Gasteiger partial charge in [0.05, 0.1) is 12.4 Å². The van der Waals surface area contributed by atoms with E-state index in [-0.39, 0.29) is 0 Å². The van der Waals surface area contributed by atoms with Gasteiger partial charge in [0.15, 0.2) is 0 Å². The number of nitrogens with one attached hydrogen (secondary N) is 1. The average Bonchev–Trinajstić information content (AvgIpc) is 2.41. The monoisotopic (exact) mass is 250 g/mol. The van der Waals surface area contributed by atoms with Crippen LogP contribution in [0, 0.1) is 5.92 Å². The lowest BCUT2D eigenvalue weighted by molar-refractivity contribution is 0.484. The van der Waals surface area contributed by atoms with E-state index in [0.29, 0.717) is 0 Å². The predicted octanol–water partition coefficient (Wildman–Crippen LogP) is 3.17. The number of hydrogen-bond acceptors (Lipinski definition) is 4. The SMILES string of the molecule is CCNc1cncc(N(CC)CC(CC)CC)n1. The zero-order chi connectivity index (χ0) is 13.4. The Balaban J connectivity index is 2.77. The molecule has 4 nitrogen and oxygen atoms in total. The van der Waals surface area contributed by atoms with E-state index in [4.69, 9.17) is 0 Å². The summed E-state index contributed by atoms with van der Waals surface area (Å²) >= 11 is 0. The summed E-state index contributed by atoms with van der Waals surface area (Å²) in [5.41, 5.74) is 0. The zero-order valence-electron chi connectivity index (χ0n) is 12.1. The Hall–Kier alpha value is -1.32. The second kappa shape index (κ2) is 7.90. The first-order chi connectivity index (χ1) is 8.74. The summed E-state index contributed by atoms with van der Waals surface area (Å²) in [5.74, 6) is 2.57. The van der Waals surface area contributed by atoms with Crippen LogP contribution in [0.1, 0.15) is 40.5 Å². The molecule has 0 bridgehead atoms. The Bertz CT molecular complexity index is 336. The van der Waals surface area contributed by atoms with Crippen LogP contribution >= 0.6 is 0 Å². The van der Waals surface area contributed by atoms with Gasteiger partial charge in [0, 0.05) is 19.6 Å². The van der Waals surface area contributed by atoms with Gasteiger partial charge in [-0.3, -0.25) is 4.98 Å². The number of aromatic nitrogens is 2. The zero-order valence-corrected chi connectivity index (χ0v) is 12.1. The van der Waals surface area contributed by atoms with Crippen LogP contribution in [0.5, 0.6) is 0 Å². The van der Waals surface area contributed by atoms with Gasteiger partial charge in [-0.05, 0) is 19.8 Å². The fourth-order valence-electron chi connectivity index (χ4n) is 2.02. The molecule has 0 saturated carbocycles. The summed E-state index contributed by atoms with van der Waals surface area (Å²) in [7, 11) is 0. The van der Waals surface area contributed by atoms with Crippen LogP contribution in [-0.4, -0.2) is 29.6 Å². The lowest BCUT2D eigenvalue weighted by Gasteiger charge is -2.26. The molecule has 1 aromatic rings. The topological polar surface area (TPSA) is 41.1 Å². The molecule has 1 heterocycles. The second-order valence-electron chi connectivity index (χ2n) is 4.51. The fraction of sp³-hybridized carbons (Fsp3) is 0.714. The summed E-state index contributed by atoms with van der Waals surface area (Å²) in [6, 6.07) is 0. The van der Waals surface area contributed by atoms with Crippen molar-refractivity contribution in [2.45, 2.75) is 40.5 Å². The maximum Gasteiger partial charge on any atom is 0.149 e. The van der Waals surface area contributed by atoms with Gasteiger partial charge in [0.2, 0.25) is 0 Å². The van der Waals surface area contributed by atoms with Crippen molar-refractivity contribution in [3.63, 3.8) is 0 Å². The van der Waals surface area contributed by atoms with Gasteiger partial charge in [-0.15, -0.1) is 0 Å². The van der Waals surface area contributed by atoms with E-state index in [1.807, 2.05) is 6.20 Å². The van der Waals surface area contributed by atoms with Gasteiger partial charge in [-0.2, -0.15) is 0 Å². The molecule has 1 N–H and O–H groups in total. The quantitative estimate of drug-likeness (QED) is 0.769.